The molecule has 0 fully saturated rings. The number of ether oxygens (including phenoxy) is 1. The molecule has 1 N–H and O–H groups in total. The van der Waals surface area contributed by atoms with Crippen LogP contribution in [-0.2, 0) is 16.0 Å². The molecular weight excluding hydrogens is 364 g/mol. The number of esters is 1. The molecule has 0 unspecified atom stereocenters. The number of methoxy groups -OCH3 is 1. The number of hydrogen-bond acceptors (Lipinski definition) is 4. The maximum atomic E-state index is 12.8. The zero-order valence-electron chi connectivity index (χ0n) is 16.0. The summed E-state index contributed by atoms with van der Waals surface area (Å²) in [6.07, 6.45) is 1.85. The van der Waals surface area contributed by atoms with Crippen molar-refractivity contribution in [2.24, 2.45) is 0 Å². The number of rotatable bonds is 5. The number of hydrogen-bond donors (Lipinski definition) is 1. The molecule has 1 atom stereocenters. The van der Waals surface area contributed by atoms with E-state index in [1.165, 1.54) is 13.3 Å². The summed E-state index contributed by atoms with van der Waals surface area (Å²) in [7, 11) is 1.32. The normalized spacial score (nSPS) is 11.9. The van der Waals surface area contributed by atoms with Crippen LogP contribution in [0.25, 0.3) is 21.7 Å². The van der Waals surface area contributed by atoms with Crippen LogP contribution < -0.4 is 5.32 Å². The number of pyridine rings is 1. The van der Waals surface area contributed by atoms with E-state index >= 15 is 0 Å². The predicted octanol–water partition coefficient (Wildman–Crippen LogP) is 3.90. The monoisotopic (exact) mass is 384 g/mol. The minimum atomic E-state index is -0.792. The first-order valence-electron chi connectivity index (χ1n) is 9.35. The first-order chi connectivity index (χ1) is 14.1. The molecule has 1 aromatic heterocycles. The second-order valence-electron chi connectivity index (χ2n) is 6.85. The summed E-state index contributed by atoms with van der Waals surface area (Å²) >= 11 is 0. The summed E-state index contributed by atoms with van der Waals surface area (Å²) in [6, 6.07) is 22.5. The quantitative estimate of drug-likeness (QED) is 0.530. The van der Waals surface area contributed by atoms with Gasteiger partial charge in [0.1, 0.15) is 6.04 Å². The van der Waals surface area contributed by atoms with Crippen molar-refractivity contribution < 1.29 is 14.3 Å². The van der Waals surface area contributed by atoms with Crippen LogP contribution in [0.15, 0.2) is 79.0 Å². The van der Waals surface area contributed by atoms with Gasteiger partial charge in [-0.3, -0.25) is 9.78 Å². The molecule has 0 saturated heterocycles. The Kier molecular flexibility index (Phi) is 5.20. The molecule has 144 valence electrons. The lowest BCUT2D eigenvalue weighted by Crippen LogP contribution is -2.43. The maximum absolute atomic E-state index is 12.8. The molecule has 1 amide bonds. The smallest absolute Gasteiger partial charge is 0.328 e. The standard InChI is InChI=1S/C24H20N2O3/c1-29-24(28)22(13-16-10-11-17-6-2-3-7-18(17)12-16)26-23(27)20-14-19-8-4-5-9-21(19)25-15-20/h2-12,14-15,22H,13H2,1H3,(H,26,27)/t22-/m0/s1. The molecule has 3 aromatic carbocycles. The Bertz CT molecular complexity index is 1200. The third kappa shape index (κ3) is 4.09. The van der Waals surface area contributed by atoms with E-state index in [1.54, 1.807) is 6.07 Å². The van der Waals surface area contributed by atoms with Crippen LogP contribution in [0.4, 0.5) is 0 Å². The molecule has 0 spiro atoms. The van der Waals surface area contributed by atoms with Gasteiger partial charge in [0.25, 0.3) is 5.91 Å². The molecule has 4 rings (SSSR count). The van der Waals surface area contributed by atoms with Gasteiger partial charge in [-0.15, -0.1) is 0 Å². The fourth-order valence-corrected chi connectivity index (χ4v) is 3.37. The summed E-state index contributed by atoms with van der Waals surface area (Å²) in [5.41, 5.74) is 2.15. The highest BCUT2D eigenvalue weighted by molar-refractivity contribution is 5.99. The Morgan fingerprint density at radius 3 is 2.45 bits per heavy atom. The SMILES string of the molecule is COC(=O)[C@H](Cc1ccc2ccccc2c1)NC(=O)c1cnc2ccccc2c1. The molecule has 4 aromatic rings. The van der Waals surface area contributed by atoms with Crippen LogP contribution in [0.5, 0.6) is 0 Å². The van der Waals surface area contributed by atoms with E-state index in [0.717, 1.165) is 27.2 Å². The van der Waals surface area contributed by atoms with E-state index in [4.69, 9.17) is 4.74 Å². The minimum absolute atomic E-state index is 0.338. The second-order valence-corrected chi connectivity index (χ2v) is 6.85. The zero-order valence-corrected chi connectivity index (χ0v) is 16.0. The third-order valence-corrected chi connectivity index (χ3v) is 4.90. The van der Waals surface area contributed by atoms with Crippen molar-refractivity contribution in [3.63, 3.8) is 0 Å². The van der Waals surface area contributed by atoms with E-state index in [1.807, 2.05) is 66.7 Å². The van der Waals surface area contributed by atoms with E-state index in [2.05, 4.69) is 10.3 Å². The fraction of sp³-hybridized carbons (Fsp3) is 0.125. The van der Waals surface area contributed by atoms with Crippen molar-refractivity contribution in [2.45, 2.75) is 12.5 Å². The number of aromatic nitrogens is 1. The third-order valence-electron chi connectivity index (χ3n) is 4.90. The van der Waals surface area contributed by atoms with E-state index < -0.39 is 12.0 Å². The lowest BCUT2D eigenvalue weighted by atomic mass is 10.0. The molecule has 0 aliphatic carbocycles. The van der Waals surface area contributed by atoms with Crippen molar-refractivity contribution in [1.29, 1.82) is 0 Å². The van der Waals surface area contributed by atoms with Crippen LogP contribution in [0, 0.1) is 0 Å². The number of carbonyl (C=O) groups is 2. The molecule has 0 radical (unpaired) electrons. The van der Waals surface area contributed by atoms with Gasteiger partial charge in [0, 0.05) is 18.0 Å². The summed E-state index contributed by atoms with van der Waals surface area (Å²) in [6.45, 7) is 0. The molecule has 0 saturated carbocycles. The van der Waals surface area contributed by atoms with Crippen molar-refractivity contribution in [2.75, 3.05) is 7.11 Å². The van der Waals surface area contributed by atoms with Gasteiger partial charge in [0.2, 0.25) is 0 Å². The average molecular weight is 384 g/mol. The van der Waals surface area contributed by atoms with Crippen LogP contribution in [-0.4, -0.2) is 30.0 Å². The topological polar surface area (TPSA) is 68.3 Å². The number of para-hydroxylation sites is 1. The highest BCUT2D eigenvalue weighted by atomic mass is 16.5. The highest BCUT2D eigenvalue weighted by Gasteiger charge is 2.23. The number of benzene rings is 3. The number of amides is 1. The highest BCUT2D eigenvalue weighted by Crippen LogP contribution is 2.17. The molecule has 0 aliphatic heterocycles. The molecule has 29 heavy (non-hydrogen) atoms. The van der Waals surface area contributed by atoms with Gasteiger partial charge in [0.15, 0.2) is 0 Å². The van der Waals surface area contributed by atoms with Crippen molar-refractivity contribution in [3.8, 4) is 0 Å². The van der Waals surface area contributed by atoms with Crippen molar-refractivity contribution >= 4 is 33.6 Å². The Morgan fingerprint density at radius 2 is 1.66 bits per heavy atom. The van der Waals surface area contributed by atoms with E-state index in [9.17, 15) is 9.59 Å². The van der Waals surface area contributed by atoms with E-state index in [-0.39, 0.29) is 5.91 Å². The Balaban J connectivity index is 1.57. The number of carbonyl (C=O) groups excluding carboxylic acids is 2. The molecular formula is C24H20N2O3. The fourth-order valence-electron chi connectivity index (χ4n) is 3.37. The van der Waals surface area contributed by atoms with Crippen LogP contribution in [0.2, 0.25) is 0 Å². The van der Waals surface area contributed by atoms with Gasteiger partial charge in [-0.1, -0.05) is 60.7 Å². The van der Waals surface area contributed by atoms with Crippen LogP contribution in [0.1, 0.15) is 15.9 Å². The summed E-state index contributed by atoms with van der Waals surface area (Å²) in [4.78, 5) is 29.4. The summed E-state index contributed by atoms with van der Waals surface area (Å²) in [5.74, 6) is -0.848. The first kappa shape index (κ1) is 18.6. The zero-order chi connectivity index (χ0) is 20.2. The van der Waals surface area contributed by atoms with Gasteiger partial charge in [0.05, 0.1) is 18.2 Å². The minimum Gasteiger partial charge on any atom is -0.467 e. The Hall–Kier alpha value is -3.73. The summed E-state index contributed by atoms with van der Waals surface area (Å²) < 4.78 is 4.91. The van der Waals surface area contributed by atoms with Gasteiger partial charge >= 0.3 is 5.97 Å². The Labute approximate surface area is 168 Å². The van der Waals surface area contributed by atoms with Crippen molar-refractivity contribution in [1.82, 2.24) is 10.3 Å². The summed E-state index contributed by atoms with van der Waals surface area (Å²) in [5, 5.41) is 5.86. The largest absolute Gasteiger partial charge is 0.467 e. The lowest BCUT2D eigenvalue weighted by molar-refractivity contribution is -0.142. The number of nitrogens with zero attached hydrogens (tertiary/aromatic N) is 1. The first-order valence-corrected chi connectivity index (χ1v) is 9.35. The molecule has 0 bridgehead atoms. The van der Waals surface area contributed by atoms with Crippen molar-refractivity contribution in [3.05, 3.63) is 90.1 Å². The predicted molar refractivity (Wildman–Crippen MR) is 113 cm³/mol. The van der Waals surface area contributed by atoms with Gasteiger partial charge in [-0.2, -0.15) is 0 Å². The van der Waals surface area contributed by atoms with E-state index in [0.29, 0.717) is 12.0 Å². The number of nitrogens with one attached hydrogen (secondary N) is 1. The average Bonchev–Trinajstić information content (AvgIpc) is 2.77. The lowest BCUT2D eigenvalue weighted by Gasteiger charge is -2.17. The van der Waals surface area contributed by atoms with Gasteiger partial charge < -0.3 is 10.1 Å². The molecule has 0 aliphatic rings. The second kappa shape index (κ2) is 8.10. The van der Waals surface area contributed by atoms with Crippen LogP contribution >= 0.6 is 0 Å². The molecule has 1 heterocycles. The Morgan fingerprint density at radius 1 is 0.931 bits per heavy atom. The van der Waals surface area contributed by atoms with Gasteiger partial charge in [-0.25, -0.2) is 4.79 Å². The molecule has 5 nitrogen and oxygen atoms in total. The maximum Gasteiger partial charge on any atom is 0.328 e. The van der Waals surface area contributed by atoms with Gasteiger partial charge in [-0.05, 0) is 28.5 Å². The number of fused-ring (bicyclic) bond motifs is 2. The van der Waals surface area contributed by atoms with Crippen LogP contribution in [0.3, 0.4) is 0 Å². The molecule has 5 heteroatoms.